The van der Waals surface area contributed by atoms with Crippen LogP contribution < -0.4 is 9.64 Å². The minimum atomic E-state index is -1.06. The van der Waals surface area contributed by atoms with Gasteiger partial charge in [0.2, 0.25) is 0 Å². The van der Waals surface area contributed by atoms with Crippen LogP contribution in [0.25, 0.3) is 0 Å². The highest BCUT2D eigenvalue weighted by Gasteiger charge is 2.31. The zero-order chi connectivity index (χ0) is 23.2. The second kappa shape index (κ2) is 10.2. The Morgan fingerprint density at radius 1 is 0.909 bits per heavy atom. The summed E-state index contributed by atoms with van der Waals surface area (Å²) >= 11 is 0. The lowest BCUT2D eigenvalue weighted by Crippen LogP contribution is -2.31. The lowest BCUT2D eigenvalue weighted by Gasteiger charge is -2.31. The van der Waals surface area contributed by atoms with Crippen molar-refractivity contribution in [2.45, 2.75) is 18.9 Å². The maximum Gasteiger partial charge on any atom is 0.418 e. The van der Waals surface area contributed by atoms with Crippen molar-refractivity contribution in [3.05, 3.63) is 90.0 Å². The van der Waals surface area contributed by atoms with Gasteiger partial charge in [0.05, 0.1) is 24.1 Å². The predicted molar refractivity (Wildman–Crippen MR) is 123 cm³/mol. The number of carbonyl (C=O) groups excluding carboxylic acids is 1. The zero-order valence-corrected chi connectivity index (χ0v) is 18.0. The van der Waals surface area contributed by atoms with Gasteiger partial charge in [-0.05, 0) is 54.3 Å². The van der Waals surface area contributed by atoms with Crippen molar-refractivity contribution in [3.8, 4) is 5.75 Å². The van der Waals surface area contributed by atoms with Crippen LogP contribution in [-0.4, -0.2) is 35.5 Å². The normalized spacial score (nSPS) is 17.0. The van der Waals surface area contributed by atoms with Crippen LogP contribution in [0.3, 0.4) is 0 Å². The first-order valence-electron chi connectivity index (χ1n) is 10.8. The van der Waals surface area contributed by atoms with Gasteiger partial charge in [-0.1, -0.05) is 48.5 Å². The van der Waals surface area contributed by atoms with E-state index < -0.39 is 24.8 Å². The number of ether oxygens (including phenoxy) is 2. The summed E-state index contributed by atoms with van der Waals surface area (Å²) in [7, 11) is 0. The van der Waals surface area contributed by atoms with E-state index in [-0.39, 0.29) is 12.5 Å². The quantitative estimate of drug-likeness (QED) is 0.544. The van der Waals surface area contributed by atoms with Crippen LogP contribution in [0.1, 0.15) is 23.7 Å². The van der Waals surface area contributed by atoms with E-state index in [4.69, 9.17) is 14.6 Å². The molecule has 2 N–H and O–H groups in total. The number of amides is 1. The molecule has 0 unspecified atom stereocenters. The molecule has 0 spiro atoms. The van der Waals surface area contributed by atoms with Crippen LogP contribution in [0.2, 0.25) is 0 Å². The van der Waals surface area contributed by atoms with Crippen LogP contribution in [0.5, 0.6) is 5.75 Å². The Morgan fingerprint density at radius 2 is 1.55 bits per heavy atom. The molecule has 7 heteroatoms. The molecular formula is C26H25NO6. The standard InChI is InChI=1S/C26H25NO6/c28-24(29)17-32-23-13-7-12-22-21(23)15-14-18(25(22)30)16-33-26(31)27(19-8-3-1-4-9-19)20-10-5-2-6-11-20/h1-13,18,25,30H,14-17H2,(H,28,29)/t18-,25-/m0/s1. The van der Waals surface area contributed by atoms with Gasteiger partial charge in [-0.3, -0.25) is 0 Å². The molecule has 170 valence electrons. The summed E-state index contributed by atoms with van der Waals surface area (Å²) in [6.07, 6.45) is -0.211. The first kappa shape index (κ1) is 22.4. The monoisotopic (exact) mass is 447 g/mol. The summed E-state index contributed by atoms with van der Waals surface area (Å²) < 4.78 is 11.0. The highest BCUT2D eigenvalue weighted by Crippen LogP contribution is 2.39. The third kappa shape index (κ3) is 5.15. The van der Waals surface area contributed by atoms with Gasteiger partial charge in [0.1, 0.15) is 5.75 Å². The molecule has 2 atom stereocenters. The van der Waals surface area contributed by atoms with E-state index in [1.807, 2.05) is 60.7 Å². The number of rotatable bonds is 7. The number of aliphatic hydroxyl groups excluding tert-OH is 1. The van der Waals surface area contributed by atoms with Gasteiger partial charge < -0.3 is 19.7 Å². The molecule has 0 radical (unpaired) electrons. The number of carboxylic acid groups (broad SMARTS) is 1. The average molecular weight is 447 g/mol. The highest BCUT2D eigenvalue weighted by molar-refractivity contribution is 5.95. The molecule has 0 bridgehead atoms. The lowest BCUT2D eigenvalue weighted by molar-refractivity contribution is -0.139. The number of hydrogen-bond donors (Lipinski definition) is 2. The topological polar surface area (TPSA) is 96.3 Å². The minimum Gasteiger partial charge on any atom is -0.482 e. The average Bonchev–Trinajstić information content (AvgIpc) is 2.84. The summed E-state index contributed by atoms with van der Waals surface area (Å²) in [6.45, 7) is -0.391. The summed E-state index contributed by atoms with van der Waals surface area (Å²) in [6, 6.07) is 23.7. The fourth-order valence-corrected chi connectivity index (χ4v) is 4.07. The molecule has 4 rings (SSSR count). The van der Waals surface area contributed by atoms with Gasteiger partial charge >= 0.3 is 12.1 Å². The molecule has 0 fully saturated rings. The smallest absolute Gasteiger partial charge is 0.418 e. The van der Waals surface area contributed by atoms with Crippen molar-refractivity contribution in [2.24, 2.45) is 5.92 Å². The Hall–Kier alpha value is -3.84. The van der Waals surface area contributed by atoms with Gasteiger partial charge in [0.15, 0.2) is 6.61 Å². The number of benzene rings is 3. The second-order valence-corrected chi connectivity index (χ2v) is 7.83. The second-order valence-electron chi connectivity index (χ2n) is 7.83. The summed E-state index contributed by atoms with van der Waals surface area (Å²) in [4.78, 5) is 25.4. The number of para-hydroxylation sites is 2. The molecule has 1 aliphatic carbocycles. The zero-order valence-electron chi connectivity index (χ0n) is 18.0. The third-order valence-corrected chi connectivity index (χ3v) is 5.68. The van der Waals surface area contributed by atoms with E-state index in [0.29, 0.717) is 35.5 Å². The Labute approximate surface area is 191 Å². The number of carbonyl (C=O) groups is 2. The number of fused-ring (bicyclic) bond motifs is 1. The molecule has 0 heterocycles. The van der Waals surface area contributed by atoms with Crippen LogP contribution in [0.4, 0.5) is 16.2 Å². The van der Waals surface area contributed by atoms with Gasteiger partial charge in [0, 0.05) is 5.92 Å². The number of hydrogen-bond acceptors (Lipinski definition) is 5. The first-order valence-corrected chi connectivity index (χ1v) is 10.8. The molecule has 3 aromatic rings. The van der Waals surface area contributed by atoms with Crippen molar-refractivity contribution in [1.82, 2.24) is 0 Å². The number of nitrogens with zero attached hydrogens (tertiary/aromatic N) is 1. The molecule has 0 aromatic heterocycles. The molecule has 33 heavy (non-hydrogen) atoms. The van der Waals surface area contributed by atoms with Crippen molar-refractivity contribution < 1.29 is 29.3 Å². The van der Waals surface area contributed by atoms with Crippen LogP contribution in [0.15, 0.2) is 78.9 Å². The Morgan fingerprint density at radius 3 is 2.15 bits per heavy atom. The van der Waals surface area contributed by atoms with E-state index >= 15 is 0 Å². The number of anilines is 2. The SMILES string of the molecule is O=C(O)COc1cccc2c1CC[C@@H](COC(=O)N(c1ccccc1)c1ccccc1)[C@@H]2O. The third-order valence-electron chi connectivity index (χ3n) is 5.68. The maximum atomic E-state index is 13.1. The van der Waals surface area contributed by atoms with E-state index in [1.54, 1.807) is 18.2 Å². The van der Waals surface area contributed by atoms with E-state index in [2.05, 4.69) is 0 Å². The van der Waals surface area contributed by atoms with Crippen molar-refractivity contribution in [1.29, 1.82) is 0 Å². The first-order chi connectivity index (χ1) is 16.0. The molecule has 7 nitrogen and oxygen atoms in total. The highest BCUT2D eigenvalue weighted by atomic mass is 16.6. The van der Waals surface area contributed by atoms with Gasteiger partial charge in [0.25, 0.3) is 0 Å². The Bertz CT molecular complexity index is 1060. The maximum absolute atomic E-state index is 13.1. The fourth-order valence-electron chi connectivity index (χ4n) is 4.07. The van der Waals surface area contributed by atoms with E-state index in [9.17, 15) is 14.7 Å². The van der Waals surface area contributed by atoms with Crippen LogP contribution in [0, 0.1) is 5.92 Å². The van der Waals surface area contributed by atoms with Crippen LogP contribution in [-0.2, 0) is 16.0 Å². The molecular weight excluding hydrogens is 422 g/mol. The number of carboxylic acids is 1. The molecule has 0 saturated heterocycles. The molecule has 3 aromatic carbocycles. The minimum absolute atomic E-state index is 0.0514. The largest absolute Gasteiger partial charge is 0.482 e. The van der Waals surface area contributed by atoms with Gasteiger partial charge in [-0.2, -0.15) is 0 Å². The van der Waals surface area contributed by atoms with E-state index in [1.165, 1.54) is 4.90 Å². The van der Waals surface area contributed by atoms with Crippen molar-refractivity contribution in [2.75, 3.05) is 18.1 Å². The molecule has 1 amide bonds. The number of aliphatic carboxylic acids is 1. The lowest BCUT2D eigenvalue weighted by atomic mass is 9.81. The summed E-state index contributed by atoms with van der Waals surface area (Å²) in [5.74, 6) is -0.886. The molecule has 0 saturated carbocycles. The van der Waals surface area contributed by atoms with Crippen LogP contribution >= 0.6 is 0 Å². The van der Waals surface area contributed by atoms with Gasteiger partial charge in [-0.25, -0.2) is 14.5 Å². The van der Waals surface area contributed by atoms with Crippen molar-refractivity contribution in [3.63, 3.8) is 0 Å². The van der Waals surface area contributed by atoms with Crippen molar-refractivity contribution >= 4 is 23.4 Å². The fraction of sp³-hybridized carbons (Fsp3) is 0.231. The van der Waals surface area contributed by atoms with E-state index in [0.717, 1.165) is 5.56 Å². The Balaban J connectivity index is 1.47. The summed E-state index contributed by atoms with van der Waals surface area (Å²) in [5.41, 5.74) is 2.84. The molecule has 0 aliphatic heterocycles. The summed E-state index contributed by atoms with van der Waals surface area (Å²) in [5, 5.41) is 19.8. The Kier molecular flexibility index (Phi) is 6.90. The van der Waals surface area contributed by atoms with Gasteiger partial charge in [-0.15, -0.1) is 0 Å². The predicted octanol–water partition coefficient (Wildman–Crippen LogP) is 4.72. The molecule has 1 aliphatic rings. The number of aliphatic hydroxyl groups is 1.